The summed E-state index contributed by atoms with van der Waals surface area (Å²) in [5, 5.41) is 6.04. The number of rotatable bonds is 7. The summed E-state index contributed by atoms with van der Waals surface area (Å²) in [5.41, 5.74) is 0. The molecule has 0 radical (unpaired) electrons. The summed E-state index contributed by atoms with van der Waals surface area (Å²) in [6.45, 7) is 2.52. The van der Waals surface area contributed by atoms with Gasteiger partial charge in [0.1, 0.15) is 0 Å². The molecular formula is C12H25N3O3S. The molecule has 1 aliphatic carbocycles. The van der Waals surface area contributed by atoms with Crippen molar-refractivity contribution in [1.82, 2.24) is 15.4 Å². The fourth-order valence-corrected chi connectivity index (χ4v) is 2.66. The van der Waals surface area contributed by atoms with Crippen molar-refractivity contribution in [3.05, 3.63) is 0 Å². The van der Waals surface area contributed by atoms with Gasteiger partial charge in [0.25, 0.3) is 0 Å². The highest BCUT2D eigenvalue weighted by Gasteiger charge is 2.18. The van der Waals surface area contributed by atoms with E-state index < -0.39 is 10.0 Å². The molecule has 1 unspecified atom stereocenters. The quantitative estimate of drug-likeness (QED) is 0.575. The minimum atomic E-state index is -3.16. The molecule has 1 atom stereocenters. The van der Waals surface area contributed by atoms with Gasteiger partial charge in [0, 0.05) is 19.1 Å². The molecule has 0 heterocycles. The second-order valence-electron chi connectivity index (χ2n) is 5.19. The van der Waals surface area contributed by atoms with Crippen LogP contribution in [0.2, 0.25) is 0 Å². The number of hydrogen-bond donors (Lipinski definition) is 3. The number of amides is 1. The van der Waals surface area contributed by atoms with E-state index in [0.29, 0.717) is 19.1 Å². The van der Waals surface area contributed by atoms with Crippen molar-refractivity contribution >= 4 is 15.9 Å². The third-order valence-corrected chi connectivity index (χ3v) is 4.01. The Bertz CT molecular complexity index is 378. The Hall–Kier alpha value is -0.660. The van der Waals surface area contributed by atoms with Gasteiger partial charge >= 0.3 is 0 Å². The molecule has 7 heteroatoms. The first-order valence-electron chi connectivity index (χ1n) is 6.87. The lowest BCUT2D eigenvalue weighted by atomic mass is 9.95. The summed E-state index contributed by atoms with van der Waals surface area (Å²) >= 11 is 0. The normalized spacial score (nSPS) is 19.1. The largest absolute Gasteiger partial charge is 0.352 e. The zero-order valence-electron chi connectivity index (χ0n) is 11.7. The highest BCUT2D eigenvalue weighted by atomic mass is 32.2. The van der Waals surface area contributed by atoms with Gasteiger partial charge < -0.3 is 10.6 Å². The van der Waals surface area contributed by atoms with Crippen LogP contribution in [0.4, 0.5) is 0 Å². The lowest BCUT2D eigenvalue weighted by molar-refractivity contribution is -0.123. The van der Waals surface area contributed by atoms with Gasteiger partial charge in [0.05, 0.1) is 12.3 Å². The molecule has 1 fully saturated rings. The topological polar surface area (TPSA) is 87.3 Å². The van der Waals surface area contributed by atoms with E-state index in [1.54, 1.807) is 6.92 Å². The van der Waals surface area contributed by atoms with Crippen molar-refractivity contribution in [3.63, 3.8) is 0 Å². The average Bonchev–Trinajstić information content (AvgIpc) is 2.34. The summed E-state index contributed by atoms with van der Waals surface area (Å²) in [4.78, 5) is 11.9. The van der Waals surface area contributed by atoms with E-state index >= 15 is 0 Å². The van der Waals surface area contributed by atoms with Crippen LogP contribution in [0.1, 0.15) is 39.0 Å². The predicted molar refractivity (Wildman–Crippen MR) is 75.3 cm³/mol. The van der Waals surface area contributed by atoms with Crippen LogP contribution >= 0.6 is 0 Å². The van der Waals surface area contributed by atoms with E-state index in [1.807, 2.05) is 0 Å². The molecular weight excluding hydrogens is 266 g/mol. The van der Waals surface area contributed by atoms with E-state index in [0.717, 1.165) is 19.1 Å². The highest BCUT2D eigenvalue weighted by molar-refractivity contribution is 7.88. The fourth-order valence-electron chi connectivity index (χ4n) is 2.19. The zero-order chi connectivity index (χ0) is 14.3. The lowest BCUT2D eigenvalue weighted by Crippen LogP contribution is -2.48. The van der Waals surface area contributed by atoms with Gasteiger partial charge in [-0.2, -0.15) is 0 Å². The van der Waals surface area contributed by atoms with Crippen molar-refractivity contribution < 1.29 is 13.2 Å². The van der Waals surface area contributed by atoms with Crippen LogP contribution in [0.5, 0.6) is 0 Å². The smallest absolute Gasteiger partial charge is 0.237 e. The molecule has 3 N–H and O–H groups in total. The number of hydrogen-bond acceptors (Lipinski definition) is 4. The molecule has 1 aliphatic rings. The fraction of sp³-hybridized carbons (Fsp3) is 0.917. The Balaban J connectivity index is 2.17. The van der Waals surface area contributed by atoms with Gasteiger partial charge in [0.15, 0.2) is 0 Å². The summed E-state index contributed by atoms with van der Waals surface area (Å²) in [5.74, 6) is -0.00810. The predicted octanol–water partition coefficient (Wildman–Crippen LogP) is -0.0374. The Morgan fingerprint density at radius 1 is 1.21 bits per heavy atom. The summed E-state index contributed by atoms with van der Waals surface area (Å²) in [7, 11) is -3.16. The Labute approximate surface area is 115 Å². The van der Waals surface area contributed by atoms with Crippen molar-refractivity contribution in [2.45, 2.75) is 51.1 Å². The van der Waals surface area contributed by atoms with Crippen LogP contribution in [0.15, 0.2) is 0 Å². The second-order valence-corrected chi connectivity index (χ2v) is 7.02. The molecule has 112 valence electrons. The number of carbonyl (C=O) groups is 1. The first kappa shape index (κ1) is 16.4. The third kappa shape index (κ3) is 7.49. The molecule has 6 nitrogen and oxygen atoms in total. The van der Waals surface area contributed by atoms with Crippen LogP contribution in [-0.2, 0) is 14.8 Å². The Morgan fingerprint density at radius 3 is 2.42 bits per heavy atom. The third-order valence-electron chi connectivity index (χ3n) is 3.28. The lowest BCUT2D eigenvalue weighted by Gasteiger charge is -2.24. The summed E-state index contributed by atoms with van der Waals surface area (Å²) in [6, 6.07) is 0.00271. The number of sulfonamides is 1. The maximum absolute atomic E-state index is 11.9. The second kappa shape index (κ2) is 7.81. The SMILES string of the molecule is CC(NCCNS(C)(=O)=O)C(=O)NC1CCCCC1. The van der Waals surface area contributed by atoms with Crippen molar-refractivity contribution in [1.29, 1.82) is 0 Å². The first-order valence-corrected chi connectivity index (χ1v) is 8.76. The molecule has 0 saturated heterocycles. The molecule has 0 bridgehead atoms. The average molecular weight is 291 g/mol. The molecule has 1 saturated carbocycles. The van der Waals surface area contributed by atoms with Crippen LogP contribution < -0.4 is 15.4 Å². The minimum Gasteiger partial charge on any atom is -0.352 e. The van der Waals surface area contributed by atoms with Gasteiger partial charge in [0.2, 0.25) is 15.9 Å². The van der Waals surface area contributed by atoms with Crippen LogP contribution in [0.3, 0.4) is 0 Å². The number of carbonyl (C=O) groups excluding carboxylic acids is 1. The maximum Gasteiger partial charge on any atom is 0.237 e. The van der Waals surface area contributed by atoms with Gasteiger partial charge in [-0.3, -0.25) is 4.79 Å². The minimum absolute atomic E-state index is 0.00810. The Kier molecular flexibility index (Phi) is 6.74. The van der Waals surface area contributed by atoms with Crippen LogP contribution in [-0.4, -0.2) is 45.8 Å². The Morgan fingerprint density at radius 2 is 1.84 bits per heavy atom. The van der Waals surface area contributed by atoms with E-state index in [-0.39, 0.29) is 11.9 Å². The van der Waals surface area contributed by atoms with Gasteiger partial charge in [-0.25, -0.2) is 13.1 Å². The van der Waals surface area contributed by atoms with Gasteiger partial charge in [-0.05, 0) is 19.8 Å². The van der Waals surface area contributed by atoms with E-state index in [1.165, 1.54) is 19.3 Å². The molecule has 1 rings (SSSR count). The molecule has 0 aromatic carbocycles. The molecule has 0 aromatic rings. The molecule has 0 aromatic heterocycles. The standard InChI is InChI=1S/C12H25N3O3S/c1-10(13-8-9-14-19(2,17)18)12(16)15-11-6-4-3-5-7-11/h10-11,13-14H,3-9H2,1-2H3,(H,15,16). The molecule has 1 amide bonds. The first-order chi connectivity index (χ1) is 8.88. The van der Waals surface area contributed by atoms with Gasteiger partial charge in [-0.15, -0.1) is 0 Å². The highest BCUT2D eigenvalue weighted by Crippen LogP contribution is 2.17. The monoisotopic (exact) mass is 291 g/mol. The van der Waals surface area contributed by atoms with E-state index in [2.05, 4.69) is 15.4 Å². The zero-order valence-corrected chi connectivity index (χ0v) is 12.6. The van der Waals surface area contributed by atoms with E-state index in [4.69, 9.17) is 0 Å². The molecule has 0 spiro atoms. The van der Waals surface area contributed by atoms with Crippen molar-refractivity contribution in [2.24, 2.45) is 0 Å². The van der Waals surface area contributed by atoms with Gasteiger partial charge in [-0.1, -0.05) is 19.3 Å². The van der Waals surface area contributed by atoms with Crippen molar-refractivity contribution in [3.8, 4) is 0 Å². The summed E-state index contributed by atoms with van der Waals surface area (Å²) in [6.07, 6.45) is 6.88. The number of nitrogens with one attached hydrogen (secondary N) is 3. The molecule has 19 heavy (non-hydrogen) atoms. The molecule has 0 aliphatic heterocycles. The summed E-state index contributed by atoms with van der Waals surface area (Å²) < 4.78 is 24.1. The van der Waals surface area contributed by atoms with Crippen LogP contribution in [0, 0.1) is 0 Å². The van der Waals surface area contributed by atoms with Crippen LogP contribution in [0.25, 0.3) is 0 Å². The maximum atomic E-state index is 11.9. The van der Waals surface area contributed by atoms with Crippen molar-refractivity contribution in [2.75, 3.05) is 19.3 Å². The van der Waals surface area contributed by atoms with E-state index in [9.17, 15) is 13.2 Å².